The smallest absolute Gasteiger partial charge is 0.253 e. The number of aldehydes is 1. The van der Waals surface area contributed by atoms with Crippen molar-refractivity contribution in [1.82, 2.24) is 19.6 Å². The molecule has 2 aromatic heterocycles. The van der Waals surface area contributed by atoms with E-state index in [1.165, 1.54) is 0 Å². The Morgan fingerprint density at radius 2 is 1.60 bits per heavy atom. The van der Waals surface area contributed by atoms with Crippen molar-refractivity contribution in [2.45, 2.75) is 13.8 Å². The van der Waals surface area contributed by atoms with E-state index in [4.69, 9.17) is 4.98 Å². The number of fused-ring (bicyclic) bond motifs is 1. The highest BCUT2D eigenvalue weighted by Gasteiger charge is 2.17. The van der Waals surface area contributed by atoms with Crippen LogP contribution in [-0.4, -0.2) is 25.9 Å². The van der Waals surface area contributed by atoms with Crippen molar-refractivity contribution in [1.29, 1.82) is 0 Å². The summed E-state index contributed by atoms with van der Waals surface area (Å²) in [6.45, 7) is 3.88. The van der Waals surface area contributed by atoms with E-state index in [1.54, 1.807) is 16.6 Å². The zero-order valence-corrected chi connectivity index (χ0v) is 14.0. The quantitative estimate of drug-likeness (QED) is 0.535. The summed E-state index contributed by atoms with van der Waals surface area (Å²) in [6, 6.07) is 17.5. The van der Waals surface area contributed by atoms with Crippen LogP contribution in [0.4, 0.5) is 0 Å². The highest BCUT2D eigenvalue weighted by molar-refractivity contribution is 5.84. The number of hydrogen-bond acceptors (Lipinski definition) is 4. The van der Waals surface area contributed by atoms with Gasteiger partial charge < -0.3 is 0 Å². The van der Waals surface area contributed by atoms with Crippen LogP contribution in [0.2, 0.25) is 0 Å². The van der Waals surface area contributed by atoms with Crippen molar-refractivity contribution >= 4 is 12.1 Å². The average Bonchev–Trinajstić information content (AvgIpc) is 3.03. The maximum absolute atomic E-state index is 10.9. The molecule has 2 heterocycles. The number of benzene rings is 2. The molecule has 0 saturated heterocycles. The molecule has 0 N–H and O–H groups in total. The number of rotatable bonds is 3. The van der Waals surface area contributed by atoms with Crippen molar-refractivity contribution in [2.24, 2.45) is 0 Å². The minimum atomic E-state index is 0.573. The van der Waals surface area contributed by atoms with E-state index in [0.29, 0.717) is 17.2 Å². The fourth-order valence-electron chi connectivity index (χ4n) is 3.01. The largest absolute Gasteiger partial charge is 0.298 e. The third kappa shape index (κ3) is 2.59. The van der Waals surface area contributed by atoms with Crippen molar-refractivity contribution in [3.63, 3.8) is 0 Å². The molecular formula is C20H16N4O. The molecule has 0 atom stereocenters. The molecule has 5 heteroatoms. The van der Waals surface area contributed by atoms with Crippen LogP contribution in [-0.2, 0) is 0 Å². The average molecular weight is 328 g/mol. The number of nitrogens with zero attached hydrogens (tertiary/aromatic N) is 4. The first-order valence-corrected chi connectivity index (χ1v) is 8.02. The van der Waals surface area contributed by atoms with Gasteiger partial charge in [-0.1, -0.05) is 54.6 Å². The molecule has 0 amide bonds. The highest BCUT2D eigenvalue weighted by Crippen LogP contribution is 2.33. The molecule has 0 fully saturated rings. The van der Waals surface area contributed by atoms with E-state index in [0.717, 1.165) is 34.4 Å². The van der Waals surface area contributed by atoms with Gasteiger partial charge in [-0.05, 0) is 19.4 Å². The molecule has 0 unspecified atom stereocenters. The number of carbonyl (C=O) groups is 1. The normalized spacial score (nSPS) is 11.0. The van der Waals surface area contributed by atoms with Crippen molar-refractivity contribution < 1.29 is 4.79 Å². The van der Waals surface area contributed by atoms with E-state index in [1.807, 2.05) is 44.2 Å². The van der Waals surface area contributed by atoms with Crippen LogP contribution >= 0.6 is 0 Å². The predicted molar refractivity (Wildman–Crippen MR) is 96.5 cm³/mol. The van der Waals surface area contributed by atoms with Crippen molar-refractivity contribution in [2.75, 3.05) is 0 Å². The number of aromatic nitrogens is 4. The standard InChI is InChI=1S/C20H16N4O/c1-13-18(16-6-4-3-5-7-16)19(17-10-8-15(12-25)9-11-17)22-20-21-14(2)23-24(13)20/h3-12H,1-2H3. The van der Waals surface area contributed by atoms with Gasteiger partial charge in [0.2, 0.25) is 0 Å². The summed E-state index contributed by atoms with van der Waals surface area (Å²) < 4.78 is 1.78. The molecule has 0 bridgehead atoms. The van der Waals surface area contributed by atoms with Gasteiger partial charge in [0.25, 0.3) is 5.78 Å². The van der Waals surface area contributed by atoms with E-state index < -0.39 is 0 Å². The molecule has 5 nitrogen and oxygen atoms in total. The van der Waals surface area contributed by atoms with Crippen LogP contribution in [0.25, 0.3) is 28.2 Å². The third-order valence-corrected chi connectivity index (χ3v) is 4.21. The second kappa shape index (κ2) is 5.94. The Hall–Kier alpha value is -3.34. The summed E-state index contributed by atoms with van der Waals surface area (Å²) in [4.78, 5) is 20.1. The molecular weight excluding hydrogens is 312 g/mol. The second-order valence-electron chi connectivity index (χ2n) is 5.90. The Labute approximate surface area is 145 Å². The van der Waals surface area contributed by atoms with Gasteiger partial charge in [0.1, 0.15) is 12.1 Å². The Bertz CT molecular complexity index is 1070. The second-order valence-corrected chi connectivity index (χ2v) is 5.90. The summed E-state index contributed by atoms with van der Waals surface area (Å²) in [7, 11) is 0. The minimum absolute atomic E-state index is 0.573. The monoisotopic (exact) mass is 328 g/mol. The number of aryl methyl sites for hydroxylation is 2. The lowest BCUT2D eigenvalue weighted by Gasteiger charge is -2.13. The maximum atomic E-state index is 10.9. The van der Waals surface area contributed by atoms with Gasteiger partial charge in [-0.15, -0.1) is 0 Å². The fourth-order valence-corrected chi connectivity index (χ4v) is 3.01. The zero-order chi connectivity index (χ0) is 17.4. The summed E-state index contributed by atoms with van der Waals surface area (Å²) in [5, 5.41) is 4.46. The van der Waals surface area contributed by atoms with Gasteiger partial charge >= 0.3 is 0 Å². The molecule has 4 aromatic rings. The molecule has 0 spiro atoms. The van der Waals surface area contributed by atoms with Crippen LogP contribution in [0.15, 0.2) is 54.6 Å². The first-order chi connectivity index (χ1) is 12.2. The number of hydrogen-bond donors (Lipinski definition) is 0. The van der Waals surface area contributed by atoms with E-state index in [2.05, 4.69) is 22.2 Å². The van der Waals surface area contributed by atoms with Gasteiger partial charge in [-0.3, -0.25) is 4.79 Å². The highest BCUT2D eigenvalue weighted by atomic mass is 16.1. The Balaban J connectivity index is 2.05. The fraction of sp³-hybridized carbons (Fsp3) is 0.100. The van der Waals surface area contributed by atoms with Crippen LogP contribution in [0.1, 0.15) is 21.9 Å². The minimum Gasteiger partial charge on any atom is -0.298 e. The van der Waals surface area contributed by atoms with Gasteiger partial charge in [-0.25, -0.2) is 9.50 Å². The summed E-state index contributed by atoms with van der Waals surface area (Å²) in [5.74, 6) is 1.26. The summed E-state index contributed by atoms with van der Waals surface area (Å²) in [5.41, 5.74) is 5.47. The third-order valence-electron chi connectivity index (χ3n) is 4.21. The molecule has 0 aliphatic rings. The lowest BCUT2D eigenvalue weighted by Crippen LogP contribution is -2.03. The lowest BCUT2D eigenvalue weighted by atomic mass is 9.97. The van der Waals surface area contributed by atoms with Crippen molar-refractivity contribution in [3.8, 4) is 22.4 Å². The Morgan fingerprint density at radius 3 is 2.28 bits per heavy atom. The molecule has 0 radical (unpaired) electrons. The van der Waals surface area contributed by atoms with Gasteiger partial charge in [0.15, 0.2) is 0 Å². The summed E-state index contributed by atoms with van der Waals surface area (Å²) in [6.07, 6.45) is 0.839. The summed E-state index contributed by atoms with van der Waals surface area (Å²) >= 11 is 0. The van der Waals surface area contributed by atoms with Gasteiger partial charge in [-0.2, -0.15) is 10.1 Å². The predicted octanol–water partition coefficient (Wildman–Crippen LogP) is 3.89. The van der Waals surface area contributed by atoms with Crippen LogP contribution in [0.3, 0.4) is 0 Å². The Morgan fingerprint density at radius 1 is 0.880 bits per heavy atom. The van der Waals surface area contributed by atoms with Crippen LogP contribution in [0, 0.1) is 13.8 Å². The van der Waals surface area contributed by atoms with E-state index >= 15 is 0 Å². The van der Waals surface area contributed by atoms with E-state index in [9.17, 15) is 4.79 Å². The molecule has 0 saturated carbocycles. The molecule has 122 valence electrons. The van der Waals surface area contributed by atoms with Gasteiger partial charge in [0.05, 0.1) is 11.4 Å². The molecule has 25 heavy (non-hydrogen) atoms. The molecule has 4 rings (SSSR count). The first-order valence-electron chi connectivity index (χ1n) is 8.02. The molecule has 2 aromatic carbocycles. The van der Waals surface area contributed by atoms with Crippen LogP contribution in [0.5, 0.6) is 0 Å². The zero-order valence-electron chi connectivity index (χ0n) is 14.0. The lowest BCUT2D eigenvalue weighted by molar-refractivity contribution is 0.112. The van der Waals surface area contributed by atoms with E-state index in [-0.39, 0.29) is 0 Å². The maximum Gasteiger partial charge on any atom is 0.253 e. The molecule has 0 aliphatic heterocycles. The SMILES string of the molecule is Cc1nc2nc(-c3ccc(C=O)cc3)c(-c3ccccc3)c(C)n2n1. The van der Waals surface area contributed by atoms with Crippen LogP contribution < -0.4 is 0 Å². The first kappa shape index (κ1) is 15.2. The Kier molecular flexibility index (Phi) is 3.61. The number of carbonyl (C=O) groups excluding carboxylic acids is 1. The van der Waals surface area contributed by atoms with Gasteiger partial charge in [0, 0.05) is 16.7 Å². The molecule has 0 aliphatic carbocycles. The topological polar surface area (TPSA) is 60.2 Å². The van der Waals surface area contributed by atoms with Crippen molar-refractivity contribution in [3.05, 3.63) is 71.7 Å².